The number of rotatable bonds is 5. The van der Waals surface area contributed by atoms with Crippen molar-refractivity contribution in [1.29, 1.82) is 0 Å². The van der Waals surface area contributed by atoms with Gasteiger partial charge in [0.2, 0.25) is 0 Å². The van der Waals surface area contributed by atoms with Crippen LogP contribution in [0.15, 0.2) is 42.6 Å². The van der Waals surface area contributed by atoms with Crippen molar-refractivity contribution in [2.45, 2.75) is 19.1 Å². The van der Waals surface area contributed by atoms with E-state index in [9.17, 15) is 18.4 Å². The number of benzene rings is 1. The molecule has 1 aliphatic heterocycles. The molecular formula is C16H11F2NO4. The topological polar surface area (TPSA) is 65.5 Å². The van der Waals surface area contributed by atoms with Crippen molar-refractivity contribution in [1.82, 2.24) is 4.98 Å². The number of pyridine rings is 1. The molecule has 0 bridgehead atoms. The van der Waals surface area contributed by atoms with Crippen molar-refractivity contribution in [3.8, 4) is 11.5 Å². The number of nitrogens with zero attached hydrogens (tertiary/aromatic N) is 1. The zero-order chi connectivity index (χ0) is 16.4. The Labute approximate surface area is 129 Å². The maximum absolute atomic E-state index is 12.9. The van der Waals surface area contributed by atoms with E-state index in [4.69, 9.17) is 0 Å². The lowest BCUT2D eigenvalue weighted by Crippen LogP contribution is -2.25. The molecule has 0 spiro atoms. The van der Waals surface area contributed by atoms with Crippen LogP contribution in [0.3, 0.4) is 0 Å². The molecule has 0 unspecified atom stereocenters. The van der Waals surface area contributed by atoms with E-state index in [1.54, 1.807) is 18.2 Å². The molecule has 1 aromatic heterocycles. The lowest BCUT2D eigenvalue weighted by atomic mass is 10.0. The summed E-state index contributed by atoms with van der Waals surface area (Å²) in [5.74, 6) is -0.935. The van der Waals surface area contributed by atoms with Crippen LogP contribution in [0.4, 0.5) is 8.78 Å². The minimum Gasteiger partial charge on any atom is -0.395 e. The number of Topliss-reactive ketones (excluding diaryl/α,β-unsaturated/α-hetero) is 2. The van der Waals surface area contributed by atoms with Crippen LogP contribution in [-0.2, 0) is 0 Å². The third-order valence-corrected chi connectivity index (χ3v) is 3.25. The van der Waals surface area contributed by atoms with Crippen molar-refractivity contribution in [2.75, 3.05) is 0 Å². The van der Waals surface area contributed by atoms with Gasteiger partial charge in [-0.05, 0) is 30.3 Å². The van der Waals surface area contributed by atoms with Gasteiger partial charge in [0, 0.05) is 24.6 Å². The average Bonchev–Trinajstić information content (AvgIpc) is 2.85. The van der Waals surface area contributed by atoms with Crippen molar-refractivity contribution in [2.24, 2.45) is 0 Å². The Kier molecular flexibility index (Phi) is 3.77. The molecule has 7 heteroatoms. The van der Waals surface area contributed by atoms with E-state index in [1.165, 1.54) is 24.4 Å². The second-order valence-electron chi connectivity index (χ2n) is 4.89. The summed E-state index contributed by atoms with van der Waals surface area (Å²) in [6, 6.07) is 8.71. The van der Waals surface area contributed by atoms with Crippen LogP contribution in [0.25, 0.3) is 0 Å². The molecule has 2 aromatic rings. The second kappa shape index (κ2) is 5.75. The number of aromatic nitrogens is 1. The Bertz CT molecular complexity index is 762. The molecule has 23 heavy (non-hydrogen) atoms. The summed E-state index contributed by atoms with van der Waals surface area (Å²) in [5, 5.41) is 0. The highest BCUT2D eigenvalue weighted by Crippen LogP contribution is 2.41. The average molecular weight is 319 g/mol. The fourth-order valence-corrected chi connectivity index (χ4v) is 2.15. The van der Waals surface area contributed by atoms with Gasteiger partial charge in [-0.1, -0.05) is 6.07 Å². The van der Waals surface area contributed by atoms with E-state index in [-0.39, 0.29) is 47.2 Å². The van der Waals surface area contributed by atoms with Gasteiger partial charge in [0.1, 0.15) is 5.69 Å². The highest BCUT2D eigenvalue weighted by Gasteiger charge is 2.43. The van der Waals surface area contributed by atoms with Crippen molar-refractivity contribution in [3.63, 3.8) is 0 Å². The number of hydrogen-bond acceptors (Lipinski definition) is 5. The summed E-state index contributed by atoms with van der Waals surface area (Å²) in [6.07, 6.45) is -2.29. The number of hydrogen-bond donors (Lipinski definition) is 0. The molecule has 0 aliphatic carbocycles. The van der Waals surface area contributed by atoms with E-state index >= 15 is 0 Å². The Morgan fingerprint density at radius 1 is 1.00 bits per heavy atom. The minimum atomic E-state index is -3.72. The fourth-order valence-electron chi connectivity index (χ4n) is 2.15. The van der Waals surface area contributed by atoms with E-state index in [0.29, 0.717) is 0 Å². The number of fused-ring (bicyclic) bond motifs is 1. The zero-order valence-electron chi connectivity index (χ0n) is 11.8. The van der Waals surface area contributed by atoms with Crippen LogP contribution >= 0.6 is 0 Å². The predicted octanol–water partition coefficient (Wildman–Crippen LogP) is 3.25. The van der Waals surface area contributed by atoms with Crippen LogP contribution in [0.2, 0.25) is 0 Å². The Morgan fingerprint density at radius 2 is 1.74 bits per heavy atom. The van der Waals surface area contributed by atoms with Crippen LogP contribution in [0, 0.1) is 0 Å². The maximum Gasteiger partial charge on any atom is 0.586 e. The Morgan fingerprint density at radius 3 is 2.48 bits per heavy atom. The Balaban J connectivity index is 1.65. The van der Waals surface area contributed by atoms with Gasteiger partial charge in [0.05, 0.1) is 0 Å². The van der Waals surface area contributed by atoms with E-state index < -0.39 is 6.29 Å². The van der Waals surface area contributed by atoms with Crippen LogP contribution in [0.1, 0.15) is 33.7 Å². The van der Waals surface area contributed by atoms with Gasteiger partial charge in [0.15, 0.2) is 23.1 Å². The fraction of sp³-hybridized carbons (Fsp3) is 0.188. The van der Waals surface area contributed by atoms with E-state index in [2.05, 4.69) is 14.5 Å². The largest absolute Gasteiger partial charge is 0.586 e. The molecule has 3 rings (SSSR count). The standard InChI is InChI=1S/C16H11F2NO4/c17-16(18)22-14-7-4-10(9-15(14)23-16)12(20)5-6-13(21)11-3-1-2-8-19-11/h1-4,7-9H,5-6H2. The molecule has 118 valence electrons. The molecule has 0 saturated carbocycles. The van der Waals surface area contributed by atoms with Crippen molar-refractivity contribution in [3.05, 3.63) is 53.9 Å². The molecule has 1 aromatic carbocycles. The first-order chi connectivity index (χ1) is 10.9. The molecule has 0 atom stereocenters. The molecule has 5 nitrogen and oxygen atoms in total. The molecule has 1 aliphatic rings. The summed E-state index contributed by atoms with van der Waals surface area (Å²) < 4.78 is 34.4. The summed E-state index contributed by atoms with van der Waals surface area (Å²) >= 11 is 0. The first-order valence-electron chi connectivity index (χ1n) is 6.82. The molecule has 0 amide bonds. The SMILES string of the molecule is O=C(CCC(=O)c1ccccn1)c1ccc2c(c1)OC(F)(F)O2. The van der Waals surface area contributed by atoms with E-state index in [1.807, 2.05) is 0 Å². The number of halogens is 2. The number of carbonyl (C=O) groups excluding carboxylic acids is 2. The number of ether oxygens (including phenoxy) is 2. The molecule has 0 N–H and O–H groups in total. The first-order valence-corrected chi connectivity index (χ1v) is 6.82. The lowest BCUT2D eigenvalue weighted by Gasteiger charge is -2.04. The minimum absolute atomic E-state index is 0.0134. The third kappa shape index (κ3) is 3.33. The van der Waals surface area contributed by atoms with Gasteiger partial charge in [-0.15, -0.1) is 8.78 Å². The van der Waals surface area contributed by atoms with Gasteiger partial charge in [-0.25, -0.2) is 0 Å². The van der Waals surface area contributed by atoms with E-state index in [0.717, 1.165) is 0 Å². The molecule has 0 radical (unpaired) electrons. The maximum atomic E-state index is 12.9. The normalized spacial score (nSPS) is 14.5. The second-order valence-corrected chi connectivity index (χ2v) is 4.89. The number of alkyl halides is 2. The highest BCUT2D eigenvalue weighted by molar-refractivity contribution is 6.01. The summed E-state index contributed by atoms with van der Waals surface area (Å²) in [4.78, 5) is 27.9. The molecule has 0 saturated heterocycles. The number of carbonyl (C=O) groups is 2. The quantitative estimate of drug-likeness (QED) is 0.792. The van der Waals surface area contributed by atoms with Crippen LogP contribution in [-0.4, -0.2) is 22.8 Å². The molecular weight excluding hydrogens is 308 g/mol. The monoisotopic (exact) mass is 319 g/mol. The van der Waals surface area contributed by atoms with Crippen molar-refractivity contribution < 1.29 is 27.8 Å². The first kappa shape index (κ1) is 15.1. The van der Waals surface area contributed by atoms with Crippen LogP contribution in [0.5, 0.6) is 11.5 Å². The van der Waals surface area contributed by atoms with Gasteiger partial charge < -0.3 is 9.47 Å². The highest BCUT2D eigenvalue weighted by atomic mass is 19.3. The zero-order valence-corrected chi connectivity index (χ0v) is 11.8. The van der Waals surface area contributed by atoms with Gasteiger partial charge in [-0.2, -0.15) is 0 Å². The number of ketones is 2. The van der Waals surface area contributed by atoms with Gasteiger partial charge in [-0.3, -0.25) is 14.6 Å². The lowest BCUT2D eigenvalue weighted by molar-refractivity contribution is -0.286. The predicted molar refractivity (Wildman–Crippen MR) is 74.8 cm³/mol. The smallest absolute Gasteiger partial charge is 0.395 e. The Hall–Kier alpha value is -2.83. The van der Waals surface area contributed by atoms with Crippen molar-refractivity contribution >= 4 is 11.6 Å². The van der Waals surface area contributed by atoms with Crippen LogP contribution < -0.4 is 9.47 Å². The molecule has 2 heterocycles. The summed E-state index contributed by atoms with van der Waals surface area (Å²) in [7, 11) is 0. The third-order valence-electron chi connectivity index (χ3n) is 3.25. The molecule has 0 fully saturated rings. The van der Waals surface area contributed by atoms with Gasteiger partial charge >= 0.3 is 6.29 Å². The van der Waals surface area contributed by atoms with Gasteiger partial charge in [0.25, 0.3) is 0 Å². The summed E-state index contributed by atoms with van der Waals surface area (Å²) in [6.45, 7) is 0. The summed E-state index contributed by atoms with van der Waals surface area (Å²) in [5.41, 5.74) is 0.462.